The van der Waals surface area contributed by atoms with Gasteiger partial charge in [-0.25, -0.2) is 0 Å². The number of nitrogens with zero attached hydrogens (tertiary/aromatic N) is 2. The van der Waals surface area contributed by atoms with Crippen LogP contribution in [0.4, 0.5) is 11.5 Å². The van der Waals surface area contributed by atoms with Gasteiger partial charge in [-0.15, -0.1) is 0 Å². The first-order chi connectivity index (χ1) is 8.52. The van der Waals surface area contributed by atoms with Gasteiger partial charge in [0, 0.05) is 13.1 Å². The standard InChI is InChI=1S/C14H26N4/c1-5-12-13(15)14(18(4)17-12)16-11-7-6-9(2)10(3)8-11/h9-11,16H,5-8,15H2,1-4H3. The summed E-state index contributed by atoms with van der Waals surface area (Å²) in [7, 11) is 1.97. The van der Waals surface area contributed by atoms with Crippen molar-refractivity contribution in [3.8, 4) is 0 Å². The fourth-order valence-electron chi connectivity index (χ4n) is 2.90. The van der Waals surface area contributed by atoms with Gasteiger partial charge in [0.1, 0.15) is 5.82 Å². The van der Waals surface area contributed by atoms with Gasteiger partial charge in [-0.1, -0.05) is 20.8 Å². The predicted octanol–water partition coefficient (Wildman–Crippen LogP) is 2.80. The molecule has 3 atom stereocenters. The van der Waals surface area contributed by atoms with E-state index < -0.39 is 0 Å². The van der Waals surface area contributed by atoms with Crippen molar-refractivity contribution in [2.24, 2.45) is 18.9 Å². The van der Waals surface area contributed by atoms with E-state index in [2.05, 4.69) is 31.2 Å². The van der Waals surface area contributed by atoms with Crippen LogP contribution in [0.15, 0.2) is 0 Å². The van der Waals surface area contributed by atoms with E-state index in [1.165, 1.54) is 19.3 Å². The minimum Gasteiger partial charge on any atom is -0.394 e. The molecule has 1 aromatic heterocycles. The van der Waals surface area contributed by atoms with E-state index in [0.29, 0.717) is 6.04 Å². The molecule has 0 saturated heterocycles. The van der Waals surface area contributed by atoms with Gasteiger partial charge in [-0.05, 0) is 37.5 Å². The lowest BCUT2D eigenvalue weighted by Crippen LogP contribution is -2.31. The Kier molecular flexibility index (Phi) is 3.83. The second-order valence-electron chi connectivity index (χ2n) is 5.80. The van der Waals surface area contributed by atoms with E-state index in [1.54, 1.807) is 0 Å². The highest BCUT2D eigenvalue weighted by Gasteiger charge is 2.25. The highest BCUT2D eigenvalue weighted by molar-refractivity contribution is 5.65. The van der Waals surface area contributed by atoms with Crippen LogP contribution < -0.4 is 11.1 Å². The number of aryl methyl sites for hydroxylation is 2. The molecule has 3 N–H and O–H groups in total. The Hall–Kier alpha value is -1.19. The van der Waals surface area contributed by atoms with Crippen molar-refractivity contribution >= 4 is 11.5 Å². The second kappa shape index (κ2) is 5.21. The molecule has 1 aliphatic carbocycles. The van der Waals surface area contributed by atoms with Gasteiger partial charge in [0.25, 0.3) is 0 Å². The van der Waals surface area contributed by atoms with Crippen LogP contribution in [0.3, 0.4) is 0 Å². The molecule has 2 rings (SSSR count). The van der Waals surface area contributed by atoms with Gasteiger partial charge in [0.05, 0.1) is 11.4 Å². The number of hydrogen-bond donors (Lipinski definition) is 2. The van der Waals surface area contributed by atoms with Gasteiger partial charge in [0.2, 0.25) is 0 Å². The number of nitrogens with one attached hydrogen (secondary N) is 1. The number of nitrogens with two attached hydrogens (primary N) is 1. The molecule has 0 aliphatic heterocycles. The number of aromatic nitrogens is 2. The van der Waals surface area contributed by atoms with Crippen molar-refractivity contribution in [2.45, 2.75) is 52.5 Å². The van der Waals surface area contributed by atoms with Crippen LogP contribution in [-0.2, 0) is 13.5 Å². The normalized spacial score (nSPS) is 28.3. The van der Waals surface area contributed by atoms with E-state index in [-0.39, 0.29) is 0 Å². The maximum absolute atomic E-state index is 6.15. The zero-order valence-electron chi connectivity index (χ0n) is 12.0. The molecular weight excluding hydrogens is 224 g/mol. The highest BCUT2D eigenvalue weighted by atomic mass is 15.3. The molecule has 0 aromatic carbocycles. The van der Waals surface area contributed by atoms with Crippen molar-refractivity contribution < 1.29 is 0 Å². The zero-order chi connectivity index (χ0) is 13.3. The molecule has 1 fully saturated rings. The fraction of sp³-hybridized carbons (Fsp3) is 0.786. The summed E-state index contributed by atoms with van der Waals surface area (Å²) in [5.41, 5.74) is 7.97. The second-order valence-corrected chi connectivity index (χ2v) is 5.80. The molecule has 3 unspecified atom stereocenters. The Balaban J connectivity index is 2.08. The van der Waals surface area contributed by atoms with Gasteiger partial charge in [-0.2, -0.15) is 5.10 Å². The molecule has 1 aromatic rings. The Morgan fingerprint density at radius 3 is 2.61 bits per heavy atom. The lowest BCUT2D eigenvalue weighted by molar-refractivity contribution is 0.260. The quantitative estimate of drug-likeness (QED) is 0.867. The summed E-state index contributed by atoms with van der Waals surface area (Å²) in [6.07, 6.45) is 4.65. The van der Waals surface area contributed by atoms with Crippen LogP contribution in [0.1, 0.15) is 45.7 Å². The minimum atomic E-state index is 0.540. The van der Waals surface area contributed by atoms with E-state index >= 15 is 0 Å². The molecule has 4 nitrogen and oxygen atoms in total. The predicted molar refractivity (Wildman–Crippen MR) is 76.6 cm³/mol. The average molecular weight is 250 g/mol. The first-order valence-electron chi connectivity index (χ1n) is 7.10. The third-order valence-electron chi connectivity index (χ3n) is 4.43. The molecule has 0 bridgehead atoms. The Labute approximate surface area is 110 Å². The molecular formula is C14H26N4. The van der Waals surface area contributed by atoms with E-state index in [1.807, 2.05) is 11.7 Å². The summed E-state index contributed by atoms with van der Waals surface area (Å²) in [5.74, 6) is 2.63. The van der Waals surface area contributed by atoms with Crippen LogP contribution in [0.2, 0.25) is 0 Å². The van der Waals surface area contributed by atoms with Crippen molar-refractivity contribution in [3.05, 3.63) is 5.69 Å². The molecule has 102 valence electrons. The monoisotopic (exact) mass is 250 g/mol. The molecule has 1 saturated carbocycles. The number of hydrogen-bond acceptors (Lipinski definition) is 3. The van der Waals surface area contributed by atoms with Gasteiger partial charge in [-0.3, -0.25) is 4.68 Å². The summed E-state index contributed by atoms with van der Waals surface area (Å²) in [6.45, 7) is 6.80. The van der Waals surface area contributed by atoms with Gasteiger partial charge >= 0.3 is 0 Å². The summed E-state index contributed by atoms with van der Waals surface area (Å²) in [5, 5.41) is 8.06. The molecule has 18 heavy (non-hydrogen) atoms. The Morgan fingerprint density at radius 2 is 2.06 bits per heavy atom. The van der Waals surface area contributed by atoms with Crippen LogP contribution in [0, 0.1) is 11.8 Å². The number of anilines is 2. The van der Waals surface area contributed by atoms with Crippen LogP contribution in [-0.4, -0.2) is 15.8 Å². The van der Waals surface area contributed by atoms with Crippen LogP contribution in [0.5, 0.6) is 0 Å². The Morgan fingerprint density at radius 1 is 1.33 bits per heavy atom. The molecule has 1 aliphatic rings. The minimum absolute atomic E-state index is 0.540. The lowest BCUT2D eigenvalue weighted by atomic mass is 9.79. The first kappa shape index (κ1) is 13.2. The Bertz CT molecular complexity index is 410. The van der Waals surface area contributed by atoms with E-state index in [9.17, 15) is 0 Å². The molecule has 1 heterocycles. The van der Waals surface area contributed by atoms with Crippen molar-refractivity contribution in [2.75, 3.05) is 11.1 Å². The fourth-order valence-corrected chi connectivity index (χ4v) is 2.90. The molecule has 4 heteroatoms. The van der Waals surface area contributed by atoms with Crippen LogP contribution in [0.25, 0.3) is 0 Å². The maximum Gasteiger partial charge on any atom is 0.147 e. The lowest BCUT2D eigenvalue weighted by Gasteiger charge is -2.33. The molecule has 0 amide bonds. The number of rotatable bonds is 3. The largest absolute Gasteiger partial charge is 0.394 e. The molecule has 0 spiro atoms. The van der Waals surface area contributed by atoms with Gasteiger partial charge in [0.15, 0.2) is 0 Å². The summed E-state index contributed by atoms with van der Waals surface area (Å²) in [4.78, 5) is 0. The highest BCUT2D eigenvalue weighted by Crippen LogP contribution is 2.32. The van der Waals surface area contributed by atoms with Crippen molar-refractivity contribution in [3.63, 3.8) is 0 Å². The third-order valence-corrected chi connectivity index (χ3v) is 4.43. The summed E-state index contributed by atoms with van der Waals surface area (Å²) in [6, 6.07) is 0.540. The average Bonchev–Trinajstić information content (AvgIpc) is 2.61. The van der Waals surface area contributed by atoms with Gasteiger partial charge < -0.3 is 11.1 Å². The summed E-state index contributed by atoms with van der Waals surface area (Å²) >= 11 is 0. The zero-order valence-corrected chi connectivity index (χ0v) is 12.0. The topological polar surface area (TPSA) is 55.9 Å². The SMILES string of the molecule is CCc1nn(C)c(NC2CCC(C)C(C)C2)c1N. The van der Waals surface area contributed by atoms with E-state index in [4.69, 9.17) is 5.73 Å². The maximum atomic E-state index is 6.15. The van der Waals surface area contributed by atoms with E-state index in [0.717, 1.165) is 35.5 Å². The van der Waals surface area contributed by atoms with Crippen LogP contribution >= 0.6 is 0 Å². The smallest absolute Gasteiger partial charge is 0.147 e. The van der Waals surface area contributed by atoms with Crippen molar-refractivity contribution in [1.29, 1.82) is 0 Å². The first-order valence-corrected chi connectivity index (χ1v) is 7.10. The molecule has 0 radical (unpaired) electrons. The number of nitrogen functional groups attached to an aromatic ring is 1. The third kappa shape index (κ3) is 2.47. The van der Waals surface area contributed by atoms with Crippen molar-refractivity contribution in [1.82, 2.24) is 9.78 Å². The summed E-state index contributed by atoms with van der Waals surface area (Å²) < 4.78 is 1.89.